The van der Waals surface area contributed by atoms with Gasteiger partial charge in [0.2, 0.25) is 0 Å². The summed E-state index contributed by atoms with van der Waals surface area (Å²) in [5, 5.41) is 6.55. The average Bonchev–Trinajstić information content (AvgIpc) is 3.20. The molecule has 6 rings (SSSR count). The van der Waals surface area contributed by atoms with E-state index in [0.717, 1.165) is 23.7 Å². The van der Waals surface area contributed by atoms with Gasteiger partial charge in [-0.15, -0.1) is 0 Å². The Hall–Kier alpha value is -2.39. The first-order valence-corrected chi connectivity index (χ1v) is 11.3. The molecule has 0 radical (unpaired) electrons. The largest absolute Gasteiger partial charge is 0.489 e. The monoisotopic (exact) mass is 385 g/mol. The average molecular weight is 386 g/mol. The number of benzene rings is 3. The smallest absolute Gasteiger partial charge is 0.119 e. The van der Waals surface area contributed by atoms with Crippen LogP contribution in [-0.2, 0) is 0 Å². The van der Waals surface area contributed by atoms with Crippen LogP contribution in [0.2, 0.25) is 0 Å². The van der Waals surface area contributed by atoms with Gasteiger partial charge in [-0.1, -0.05) is 60.7 Å². The lowest BCUT2D eigenvalue weighted by atomic mass is 9.76. The Morgan fingerprint density at radius 3 is 2.61 bits per heavy atom. The summed E-state index contributed by atoms with van der Waals surface area (Å²) in [6.45, 7) is 0. The number of nitrogens with one attached hydrogen (secondary N) is 1. The molecule has 1 N–H and O–H groups in total. The van der Waals surface area contributed by atoms with Gasteiger partial charge >= 0.3 is 0 Å². The number of allylic oxidation sites excluding steroid dienone is 2. The summed E-state index contributed by atoms with van der Waals surface area (Å²) in [6, 6.07) is 22.4. The minimum absolute atomic E-state index is 0.326. The Balaban J connectivity index is 1.37. The Labute approximate surface area is 170 Å². The van der Waals surface area contributed by atoms with E-state index in [2.05, 4.69) is 78.1 Å². The molecule has 2 heterocycles. The molecule has 0 unspecified atom stereocenters. The number of fused-ring (bicyclic) bond motifs is 5. The summed E-state index contributed by atoms with van der Waals surface area (Å²) in [5.41, 5.74) is 4.10. The molecule has 1 saturated heterocycles. The van der Waals surface area contributed by atoms with Crippen molar-refractivity contribution in [3.05, 3.63) is 83.9 Å². The molecule has 3 heteroatoms. The van der Waals surface area contributed by atoms with Crippen LogP contribution in [-0.4, -0.2) is 17.6 Å². The first-order valence-electron chi connectivity index (χ1n) is 10.2. The molecule has 3 atom stereocenters. The Morgan fingerprint density at radius 1 is 0.929 bits per heavy atom. The highest BCUT2D eigenvalue weighted by molar-refractivity contribution is 8.00. The minimum Gasteiger partial charge on any atom is -0.489 e. The van der Waals surface area contributed by atoms with Gasteiger partial charge in [-0.25, -0.2) is 0 Å². The van der Waals surface area contributed by atoms with Crippen molar-refractivity contribution >= 4 is 28.2 Å². The zero-order valence-corrected chi connectivity index (χ0v) is 16.5. The number of anilines is 1. The molecule has 1 fully saturated rings. The van der Waals surface area contributed by atoms with Crippen molar-refractivity contribution in [2.45, 2.75) is 24.5 Å². The third-order valence-corrected chi connectivity index (χ3v) is 7.63. The van der Waals surface area contributed by atoms with Gasteiger partial charge in [-0.05, 0) is 41.0 Å². The van der Waals surface area contributed by atoms with Gasteiger partial charge < -0.3 is 10.1 Å². The summed E-state index contributed by atoms with van der Waals surface area (Å²) < 4.78 is 6.04. The molecule has 0 spiro atoms. The van der Waals surface area contributed by atoms with E-state index in [1.54, 1.807) is 0 Å². The Bertz CT molecular complexity index is 1050. The van der Waals surface area contributed by atoms with E-state index in [1.165, 1.54) is 27.6 Å². The van der Waals surface area contributed by atoms with Crippen LogP contribution in [0.5, 0.6) is 5.75 Å². The maximum atomic E-state index is 6.04. The molecule has 3 aromatic carbocycles. The first kappa shape index (κ1) is 16.6. The summed E-state index contributed by atoms with van der Waals surface area (Å²) >= 11 is 1.95. The predicted octanol–water partition coefficient (Wildman–Crippen LogP) is 6.16. The second-order valence-corrected chi connectivity index (χ2v) is 9.15. The number of rotatable bonds is 3. The highest BCUT2D eigenvalue weighted by atomic mass is 32.2. The van der Waals surface area contributed by atoms with Gasteiger partial charge in [0, 0.05) is 28.5 Å². The molecule has 3 aromatic rings. The highest BCUT2D eigenvalue weighted by Gasteiger charge is 2.38. The van der Waals surface area contributed by atoms with Crippen LogP contribution < -0.4 is 10.1 Å². The summed E-state index contributed by atoms with van der Waals surface area (Å²) in [5.74, 6) is 4.30. The van der Waals surface area contributed by atoms with E-state index < -0.39 is 0 Å². The topological polar surface area (TPSA) is 21.3 Å². The van der Waals surface area contributed by atoms with Gasteiger partial charge in [0.05, 0.1) is 6.04 Å². The van der Waals surface area contributed by atoms with E-state index in [0.29, 0.717) is 24.0 Å². The molecule has 2 aliphatic heterocycles. The maximum absolute atomic E-state index is 6.04. The van der Waals surface area contributed by atoms with Gasteiger partial charge in [0.15, 0.2) is 0 Å². The van der Waals surface area contributed by atoms with E-state index in [9.17, 15) is 0 Å². The van der Waals surface area contributed by atoms with Gasteiger partial charge in [-0.3, -0.25) is 0 Å². The van der Waals surface area contributed by atoms with E-state index in [1.807, 2.05) is 11.8 Å². The second-order valence-electron chi connectivity index (χ2n) is 8.07. The van der Waals surface area contributed by atoms with E-state index >= 15 is 0 Å². The third-order valence-electron chi connectivity index (χ3n) is 6.41. The minimum atomic E-state index is 0.326. The van der Waals surface area contributed by atoms with Crippen LogP contribution in [0.25, 0.3) is 10.8 Å². The standard InChI is InChI=1S/C25H23NOS/c1-2-5-20-16(4-1)10-13-23-21-6-3-7-22(21)24(26-25(20)23)17-8-11-18(12-9-17)27-19-14-28-15-19/h1-6,8-13,19,21-22,24,26H,7,14-15H2/t21-,22+,24-/m0/s1. The molecule has 0 aromatic heterocycles. The van der Waals surface area contributed by atoms with Crippen LogP contribution >= 0.6 is 11.8 Å². The second kappa shape index (κ2) is 6.59. The number of hydrogen-bond acceptors (Lipinski definition) is 3. The number of ether oxygens (including phenoxy) is 1. The van der Waals surface area contributed by atoms with Gasteiger partial charge in [0.1, 0.15) is 11.9 Å². The van der Waals surface area contributed by atoms with Crippen LogP contribution in [0.3, 0.4) is 0 Å². The summed E-state index contributed by atoms with van der Waals surface area (Å²) in [6.07, 6.45) is 6.30. The highest BCUT2D eigenvalue weighted by Crippen LogP contribution is 2.51. The molecule has 0 amide bonds. The van der Waals surface area contributed by atoms with Crippen molar-refractivity contribution in [3.63, 3.8) is 0 Å². The Morgan fingerprint density at radius 2 is 1.79 bits per heavy atom. The lowest BCUT2D eigenvalue weighted by Crippen LogP contribution is -2.31. The van der Waals surface area contributed by atoms with Gasteiger partial charge in [0.25, 0.3) is 0 Å². The van der Waals surface area contributed by atoms with Crippen molar-refractivity contribution in [1.82, 2.24) is 0 Å². The van der Waals surface area contributed by atoms with Crippen molar-refractivity contribution in [3.8, 4) is 5.75 Å². The Kier molecular flexibility index (Phi) is 3.90. The van der Waals surface area contributed by atoms with E-state index in [-0.39, 0.29) is 0 Å². The lowest BCUT2D eigenvalue weighted by Gasteiger charge is -2.38. The molecule has 2 nitrogen and oxygen atoms in total. The molecular weight excluding hydrogens is 362 g/mol. The van der Waals surface area contributed by atoms with Crippen molar-refractivity contribution in [1.29, 1.82) is 0 Å². The molecule has 28 heavy (non-hydrogen) atoms. The van der Waals surface area contributed by atoms with Crippen molar-refractivity contribution in [2.75, 3.05) is 16.8 Å². The quantitative estimate of drug-likeness (QED) is 0.546. The fourth-order valence-electron chi connectivity index (χ4n) is 4.90. The van der Waals surface area contributed by atoms with Crippen LogP contribution in [0.1, 0.15) is 29.5 Å². The molecule has 1 aliphatic carbocycles. The third kappa shape index (κ3) is 2.64. The zero-order valence-electron chi connectivity index (χ0n) is 15.7. The maximum Gasteiger partial charge on any atom is 0.119 e. The molecular formula is C25H23NOS. The first-order chi connectivity index (χ1) is 13.9. The van der Waals surface area contributed by atoms with E-state index in [4.69, 9.17) is 4.74 Å². The predicted molar refractivity (Wildman–Crippen MR) is 118 cm³/mol. The summed E-state index contributed by atoms with van der Waals surface area (Å²) in [7, 11) is 0. The number of thioether (sulfide) groups is 1. The fourth-order valence-corrected chi connectivity index (χ4v) is 5.46. The summed E-state index contributed by atoms with van der Waals surface area (Å²) in [4.78, 5) is 0. The molecule has 3 aliphatic rings. The SMILES string of the molecule is C1=C[C@@H]2c3ccc4ccccc4c3N[C@@H](c3ccc(OC4CSC4)cc3)[C@@H]2C1. The van der Waals surface area contributed by atoms with Gasteiger partial charge in [-0.2, -0.15) is 11.8 Å². The van der Waals surface area contributed by atoms with Crippen LogP contribution in [0, 0.1) is 5.92 Å². The van der Waals surface area contributed by atoms with Crippen molar-refractivity contribution < 1.29 is 4.74 Å². The fraction of sp³-hybridized carbons (Fsp3) is 0.280. The number of hydrogen-bond donors (Lipinski definition) is 1. The normalized spacial score (nSPS) is 25.6. The van der Waals surface area contributed by atoms with Crippen LogP contribution in [0.15, 0.2) is 72.8 Å². The molecule has 0 bridgehead atoms. The lowest BCUT2D eigenvalue weighted by molar-refractivity contribution is 0.240. The molecule has 140 valence electrons. The molecule has 0 saturated carbocycles. The van der Waals surface area contributed by atoms with Crippen molar-refractivity contribution in [2.24, 2.45) is 5.92 Å². The zero-order chi connectivity index (χ0) is 18.5. The van der Waals surface area contributed by atoms with Crippen LogP contribution in [0.4, 0.5) is 5.69 Å².